The van der Waals surface area contributed by atoms with E-state index in [0.29, 0.717) is 81.3 Å². The van der Waals surface area contributed by atoms with Gasteiger partial charge in [-0.1, -0.05) is 51.2 Å². The number of carbonyl (C=O) groups excluding carboxylic acids is 1. The number of ether oxygens (including phenoxy) is 2. The van der Waals surface area contributed by atoms with Crippen molar-refractivity contribution < 1.29 is 14.3 Å². The predicted octanol–water partition coefficient (Wildman–Crippen LogP) is 4.44. The van der Waals surface area contributed by atoms with Gasteiger partial charge in [-0.15, -0.1) is 0 Å². The molecular formula is C32H52N8O3. The molecule has 2 aromatic rings. The maximum absolute atomic E-state index is 12.5. The first-order valence-electron chi connectivity index (χ1n) is 16.3. The van der Waals surface area contributed by atoms with E-state index in [2.05, 4.69) is 38.2 Å². The van der Waals surface area contributed by atoms with Crippen molar-refractivity contribution in [3.63, 3.8) is 0 Å². The first-order valence-corrected chi connectivity index (χ1v) is 16.3. The topological polar surface area (TPSA) is 148 Å². The Balaban J connectivity index is 1.26. The quantitative estimate of drug-likeness (QED) is 0.156. The summed E-state index contributed by atoms with van der Waals surface area (Å²) in [5.41, 5.74) is 7.01. The van der Waals surface area contributed by atoms with E-state index in [1.54, 1.807) is 0 Å². The van der Waals surface area contributed by atoms with Gasteiger partial charge in [0, 0.05) is 38.3 Å². The normalized spacial score (nSPS) is 19.1. The van der Waals surface area contributed by atoms with Gasteiger partial charge in [0.1, 0.15) is 0 Å². The molecule has 2 aliphatic rings. The Bertz CT molecular complexity index is 1070. The maximum Gasteiger partial charge on any atom is 0.251 e. The van der Waals surface area contributed by atoms with Gasteiger partial charge < -0.3 is 36.5 Å². The van der Waals surface area contributed by atoms with Crippen LogP contribution in [0.1, 0.15) is 80.6 Å². The number of anilines is 3. The second-order valence-corrected chi connectivity index (χ2v) is 12.0. The van der Waals surface area contributed by atoms with Crippen LogP contribution in [0.5, 0.6) is 0 Å². The van der Waals surface area contributed by atoms with E-state index >= 15 is 0 Å². The number of hydrogen-bond donors (Lipinski definition) is 5. The highest BCUT2D eigenvalue weighted by atomic mass is 16.5. The average molecular weight is 597 g/mol. The Kier molecular flexibility index (Phi) is 14.2. The fourth-order valence-corrected chi connectivity index (χ4v) is 5.71. The molecule has 238 valence electrons. The lowest BCUT2D eigenvalue weighted by Gasteiger charge is -2.26. The molecule has 0 saturated heterocycles. The molecule has 0 bridgehead atoms. The number of amides is 1. The number of benzene rings is 1. The maximum atomic E-state index is 12.5. The van der Waals surface area contributed by atoms with Gasteiger partial charge in [0.2, 0.25) is 17.8 Å². The Morgan fingerprint density at radius 2 is 1.35 bits per heavy atom. The second-order valence-electron chi connectivity index (χ2n) is 12.0. The Labute approximate surface area is 256 Å². The summed E-state index contributed by atoms with van der Waals surface area (Å²) in [6, 6.07) is 7.55. The fourth-order valence-electron chi connectivity index (χ4n) is 5.71. The van der Waals surface area contributed by atoms with Crippen molar-refractivity contribution in [2.75, 3.05) is 68.6 Å². The van der Waals surface area contributed by atoms with Crippen molar-refractivity contribution in [1.82, 2.24) is 20.3 Å². The summed E-state index contributed by atoms with van der Waals surface area (Å²) in [6.45, 7) is 7.53. The van der Waals surface area contributed by atoms with Crippen LogP contribution in [0.15, 0.2) is 24.3 Å². The molecule has 0 unspecified atom stereocenters. The van der Waals surface area contributed by atoms with Crippen LogP contribution in [-0.4, -0.2) is 73.5 Å². The molecule has 1 heterocycles. The number of hydrogen-bond acceptors (Lipinski definition) is 10. The van der Waals surface area contributed by atoms with Gasteiger partial charge in [0.05, 0.1) is 26.4 Å². The minimum Gasteiger partial charge on any atom is -0.378 e. The molecule has 2 aliphatic carbocycles. The van der Waals surface area contributed by atoms with Crippen LogP contribution < -0.4 is 27.0 Å². The molecule has 0 aliphatic heterocycles. The van der Waals surface area contributed by atoms with E-state index in [9.17, 15) is 4.79 Å². The van der Waals surface area contributed by atoms with Gasteiger partial charge in [0.25, 0.3) is 5.91 Å². The van der Waals surface area contributed by atoms with Crippen molar-refractivity contribution >= 4 is 23.8 Å². The number of nitrogens with one attached hydrogen (secondary N) is 4. The molecule has 11 nitrogen and oxygen atoms in total. The van der Waals surface area contributed by atoms with Gasteiger partial charge in [-0.2, -0.15) is 15.0 Å². The van der Waals surface area contributed by atoms with E-state index in [1.807, 2.05) is 24.3 Å². The summed E-state index contributed by atoms with van der Waals surface area (Å²) >= 11 is 0. The van der Waals surface area contributed by atoms with Gasteiger partial charge >= 0.3 is 0 Å². The molecule has 0 atom stereocenters. The van der Waals surface area contributed by atoms with Crippen LogP contribution in [0.2, 0.25) is 0 Å². The number of nitrogens with zero attached hydrogens (tertiary/aromatic N) is 3. The molecule has 6 N–H and O–H groups in total. The Hall–Kier alpha value is -3.02. The van der Waals surface area contributed by atoms with E-state index in [4.69, 9.17) is 20.2 Å². The molecule has 11 heteroatoms. The first kappa shape index (κ1) is 32.9. The van der Waals surface area contributed by atoms with E-state index in [-0.39, 0.29) is 5.91 Å². The van der Waals surface area contributed by atoms with Gasteiger partial charge in [-0.3, -0.25) is 4.79 Å². The highest BCUT2D eigenvalue weighted by molar-refractivity contribution is 5.94. The summed E-state index contributed by atoms with van der Waals surface area (Å²) in [7, 11) is 0. The molecule has 2 saturated carbocycles. The molecule has 2 fully saturated rings. The summed E-state index contributed by atoms with van der Waals surface area (Å²) in [6.07, 6.45) is 11.6. The molecule has 4 rings (SSSR count). The molecule has 1 amide bonds. The SMILES string of the molecule is CC1CCC(CNc2nc(NCc3ccc(C(=O)NCCOCCOCCN)cc3)nc(NCC3CCCCC3)n2)CC1. The lowest BCUT2D eigenvalue weighted by atomic mass is 9.83. The molecule has 1 aromatic heterocycles. The zero-order valence-electron chi connectivity index (χ0n) is 25.9. The van der Waals surface area contributed by atoms with Crippen LogP contribution in [0.4, 0.5) is 17.8 Å². The minimum absolute atomic E-state index is 0.128. The Morgan fingerprint density at radius 3 is 1.98 bits per heavy atom. The zero-order valence-corrected chi connectivity index (χ0v) is 25.9. The van der Waals surface area contributed by atoms with Crippen LogP contribution in [0.25, 0.3) is 0 Å². The number of rotatable bonds is 18. The van der Waals surface area contributed by atoms with Crippen LogP contribution in [0.3, 0.4) is 0 Å². The Morgan fingerprint density at radius 1 is 0.767 bits per heavy atom. The smallest absolute Gasteiger partial charge is 0.251 e. The van der Waals surface area contributed by atoms with Gasteiger partial charge in [-0.25, -0.2) is 0 Å². The summed E-state index contributed by atoms with van der Waals surface area (Å²) in [4.78, 5) is 26.6. The van der Waals surface area contributed by atoms with Gasteiger partial charge in [0.15, 0.2) is 0 Å². The molecule has 0 radical (unpaired) electrons. The summed E-state index contributed by atoms with van der Waals surface area (Å²) in [5, 5.41) is 13.2. The van der Waals surface area contributed by atoms with Crippen molar-refractivity contribution in [1.29, 1.82) is 0 Å². The van der Waals surface area contributed by atoms with Crippen molar-refractivity contribution in [2.24, 2.45) is 23.5 Å². The third kappa shape index (κ3) is 12.2. The number of aromatic nitrogens is 3. The molecular weight excluding hydrogens is 544 g/mol. The molecule has 1 aromatic carbocycles. The third-order valence-electron chi connectivity index (χ3n) is 8.43. The van der Waals surface area contributed by atoms with E-state index in [1.165, 1.54) is 57.8 Å². The first-order chi connectivity index (χ1) is 21.1. The van der Waals surface area contributed by atoms with Crippen molar-refractivity contribution in [2.45, 2.75) is 71.3 Å². The highest BCUT2D eigenvalue weighted by Crippen LogP contribution is 2.28. The van der Waals surface area contributed by atoms with Crippen LogP contribution in [0, 0.1) is 17.8 Å². The molecule has 0 spiro atoms. The second kappa shape index (κ2) is 18.6. The van der Waals surface area contributed by atoms with Crippen molar-refractivity contribution in [3.8, 4) is 0 Å². The zero-order chi connectivity index (χ0) is 30.1. The van der Waals surface area contributed by atoms with E-state index in [0.717, 1.165) is 24.6 Å². The third-order valence-corrected chi connectivity index (χ3v) is 8.43. The largest absolute Gasteiger partial charge is 0.378 e. The lowest BCUT2D eigenvalue weighted by Crippen LogP contribution is -2.27. The summed E-state index contributed by atoms with van der Waals surface area (Å²) < 4.78 is 10.7. The van der Waals surface area contributed by atoms with Crippen LogP contribution >= 0.6 is 0 Å². The minimum atomic E-state index is -0.128. The monoisotopic (exact) mass is 596 g/mol. The average Bonchev–Trinajstić information content (AvgIpc) is 3.04. The lowest BCUT2D eigenvalue weighted by molar-refractivity contribution is 0.0511. The highest BCUT2D eigenvalue weighted by Gasteiger charge is 2.19. The predicted molar refractivity (Wildman–Crippen MR) is 171 cm³/mol. The van der Waals surface area contributed by atoms with Crippen molar-refractivity contribution in [3.05, 3.63) is 35.4 Å². The fraction of sp³-hybridized carbons (Fsp3) is 0.688. The number of carbonyl (C=O) groups is 1. The summed E-state index contributed by atoms with van der Waals surface area (Å²) in [5.74, 6) is 3.80. The molecule has 43 heavy (non-hydrogen) atoms. The standard InChI is InChI=1S/C32H52N8O3/c1-24-7-9-26(10-8-24)22-36-31-38-30(35-21-25-5-3-2-4-6-25)39-32(40-31)37-23-27-11-13-28(14-12-27)29(41)34-16-18-43-20-19-42-17-15-33/h11-14,24-26H,2-10,15-23,33H2,1H3,(H,34,41)(H3,35,36,37,38,39,40). The number of nitrogens with two attached hydrogens (primary N) is 1. The van der Waals surface area contributed by atoms with E-state index < -0.39 is 0 Å². The van der Waals surface area contributed by atoms with Crippen LogP contribution in [-0.2, 0) is 16.0 Å². The van der Waals surface area contributed by atoms with Gasteiger partial charge in [-0.05, 0) is 61.1 Å².